The third-order valence-corrected chi connectivity index (χ3v) is 4.51. The Hall–Kier alpha value is -2.08. The Morgan fingerprint density at radius 2 is 1.88 bits per heavy atom. The van der Waals surface area contributed by atoms with Gasteiger partial charge in [0.2, 0.25) is 5.89 Å². The lowest BCUT2D eigenvalue weighted by atomic mass is 10.2. The van der Waals surface area contributed by atoms with Crippen molar-refractivity contribution in [3.05, 3.63) is 52.0 Å². The van der Waals surface area contributed by atoms with Gasteiger partial charge in [0.05, 0.1) is 5.56 Å². The summed E-state index contributed by atoms with van der Waals surface area (Å²) in [7, 11) is 3.87. The summed E-state index contributed by atoms with van der Waals surface area (Å²) >= 11 is 12.1. The first-order chi connectivity index (χ1) is 12.3. The molecule has 0 fully saturated rings. The molecular weight excluding hydrogens is 375 g/mol. The third kappa shape index (κ3) is 4.18. The molecular formula is C19H18Cl2N2O3. The van der Waals surface area contributed by atoms with Crippen molar-refractivity contribution in [1.82, 2.24) is 9.88 Å². The Morgan fingerprint density at radius 3 is 2.54 bits per heavy atom. The van der Waals surface area contributed by atoms with Crippen LogP contribution in [-0.2, 0) is 4.74 Å². The highest BCUT2D eigenvalue weighted by Crippen LogP contribution is 2.29. The predicted octanol–water partition coefficient (Wildman–Crippen LogP) is 4.91. The van der Waals surface area contributed by atoms with Gasteiger partial charge < -0.3 is 14.1 Å². The molecule has 3 rings (SSSR count). The number of likely N-dealkylation sites (N-methyl/N-ethyl adjacent to an activating group) is 1. The molecule has 1 atom stereocenters. The van der Waals surface area contributed by atoms with Crippen molar-refractivity contribution >= 4 is 40.3 Å². The quantitative estimate of drug-likeness (QED) is 0.577. The second kappa shape index (κ2) is 7.66. The number of ether oxygens (including phenoxy) is 1. The number of nitrogens with zero attached hydrogens (tertiary/aromatic N) is 2. The van der Waals surface area contributed by atoms with E-state index in [1.807, 2.05) is 25.9 Å². The van der Waals surface area contributed by atoms with Crippen LogP contribution in [0.4, 0.5) is 0 Å². The van der Waals surface area contributed by atoms with Gasteiger partial charge in [-0.2, -0.15) is 0 Å². The lowest BCUT2D eigenvalue weighted by Crippen LogP contribution is -2.30. The number of carbonyl (C=O) groups excluding carboxylic acids is 1. The van der Waals surface area contributed by atoms with Crippen molar-refractivity contribution in [2.24, 2.45) is 0 Å². The molecule has 26 heavy (non-hydrogen) atoms. The van der Waals surface area contributed by atoms with Crippen LogP contribution in [0.2, 0.25) is 10.0 Å². The van der Waals surface area contributed by atoms with Gasteiger partial charge in [-0.05, 0) is 57.4 Å². The third-order valence-electron chi connectivity index (χ3n) is 4.07. The Morgan fingerprint density at radius 1 is 1.19 bits per heavy atom. The number of benzene rings is 2. The van der Waals surface area contributed by atoms with Gasteiger partial charge >= 0.3 is 5.97 Å². The summed E-state index contributed by atoms with van der Waals surface area (Å²) in [6, 6.07) is 10.2. The molecule has 0 aliphatic heterocycles. The highest BCUT2D eigenvalue weighted by atomic mass is 35.5. The highest BCUT2D eigenvalue weighted by molar-refractivity contribution is 6.35. The SMILES string of the molecule is CC(COC(=O)c1ccc2nc(-c3cc(Cl)cc(Cl)c3)oc2c1)N(C)C. The minimum Gasteiger partial charge on any atom is -0.460 e. The maximum absolute atomic E-state index is 12.2. The molecule has 1 unspecified atom stereocenters. The summed E-state index contributed by atoms with van der Waals surface area (Å²) in [6.07, 6.45) is 0. The lowest BCUT2D eigenvalue weighted by molar-refractivity contribution is 0.0416. The Labute approximate surface area is 161 Å². The van der Waals surface area contributed by atoms with E-state index in [4.69, 9.17) is 32.4 Å². The fourth-order valence-electron chi connectivity index (χ4n) is 2.28. The summed E-state index contributed by atoms with van der Waals surface area (Å²) < 4.78 is 11.1. The monoisotopic (exact) mass is 392 g/mol. The van der Waals surface area contributed by atoms with Crippen LogP contribution in [0.25, 0.3) is 22.6 Å². The van der Waals surface area contributed by atoms with Gasteiger partial charge in [0.1, 0.15) is 12.1 Å². The smallest absolute Gasteiger partial charge is 0.338 e. The van der Waals surface area contributed by atoms with Crippen molar-refractivity contribution in [2.45, 2.75) is 13.0 Å². The first-order valence-electron chi connectivity index (χ1n) is 8.04. The summed E-state index contributed by atoms with van der Waals surface area (Å²) in [5.74, 6) is -0.0134. The molecule has 5 nitrogen and oxygen atoms in total. The molecule has 1 aromatic heterocycles. The molecule has 0 N–H and O–H groups in total. The van der Waals surface area contributed by atoms with Crippen LogP contribution < -0.4 is 0 Å². The number of fused-ring (bicyclic) bond motifs is 1. The normalized spacial score (nSPS) is 12.5. The van der Waals surface area contributed by atoms with E-state index in [9.17, 15) is 4.79 Å². The molecule has 1 heterocycles. The van der Waals surface area contributed by atoms with E-state index in [1.54, 1.807) is 36.4 Å². The number of oxazole rings is 1. The Kier molecular flexibility index (Phi) is 5.51. The van der Waals surface area contributed by atoms with Gasteiger partial charge in [0.15, 0.2) is 5.58 Å². The van der Waals surface area contributed by atoms with E-state index in [2.05, 4.69) is 4.98 Å². The standard InChI is InChI=1S/C19H18Cl2N2O3/c1-11(23(2)3)10-25-19(24)12-4-5-16-17(8-12)26-18(22-16)13-6-14(20)9-15(21)7-13/h4-9,11H,10H2,1-3H3. The van der Waals surface area contributed by atoms with E-state index in [1.165, 1.54) is 0 Å². The predicted molar refractivity (Wildman–Crippen MR) is 103 cm³/mol. The van der Waals surface area contributed by atoms with Gasteiger partial charge in [-0.15, -0.1) is 0 Å². The average molecular weight is 393 g/mol. The van der Waals surface area contributed by atoms with E-state index in [0.29, 0.717) is 44.8 Å². The minimum atomic E-state index is -0.399. The van der Waals surface area contributed by atoms with Crippen LogP contribution in [0, 0.1) is 0 Å². The second-order valence-corrected chi connectivity index (χ2v) is 7.14. The van der Waals surface area contributed by atoms with Gasteiger partial charge in [0, 0.05) is 21.7 Å². The molecule has 3 aromatic rings. The Bertz CT molecular complexity index is 933. The van der Waals surface area contributed by atoms with Gasteiger partial charge in [-0.3, -0.25) is 0 Å². The molecule has 7 heteroatoms. The summed E-state index contributed by atoms with van der Waals surface area (Å²) in [4.78, 5) is 18.6. The molecule has 0 aliphatic rings. The van der Waals surface area contributed by atoms with Crippen LogP contribution in [0.3, 0.4) is 0 Å². The summed E-state index contributed by atoms with van der Waals surface area (Å²) in [5, 5.41) is 0.989. The largest absolute Gasteiger partial charge is 0.460 e. The van der Waals surface area contributed by atoms with Crippen LogP contribution in [0.15, 0.2) is 40.8 Å². The number of esters is 1. The molecule has 0 radical (unpaired) electrons. The summed E-state index contributed by atoms with van der Waals surface area (Å²) in [5.41, 5.74) is 2.21. The maximum atomic E-state index is 12.2. The van der Waals surface area contributed by atoms with Gasteiger partial charge in [-0.25, -0.2) is 9.78 Å². The molecule has 0 saturated carbocycles. The van der Waals surface area contributed by atoms with E-state index < -0.39 is 5.97 Å². The van der Waals surface area contributed by atoms with E-state index in [-0.39, 0.29) is 6.04 Å². The summed E-state index contributed by atoms with van der Waals surface area (Å²) in [6.45, 7) is 2.29. The van der Waals surface area contributed by atoms with Crippen LogP contribution >= 0.6 is 23.2 Å². The maximum Gasteiger partial charge on any atom is 0.338 e. The van der Waals surface area contributed by atoms with E-state index >= 15 is 0 Å². The fourth-order valence-corrected chi connectivity index (χ4v) is 2.81. The van der Waals surface area contributed by atoms with Crippen molar-refractivity contribution < 1.29 is 13.9 Å². The Balaban J connectivity index is 1.84. The number of rotatable bonds is 5. The number of aromatic nitrogens is 1. The molecule has 0 saturated heterocycles. The number of hydrogen-bond acceptors (Lipinski definition) is 5. The molecule has 136 valence electrons. The zero-order valence-electron chi connectivity index (χ0n) is 14.6. The molecule has 0 amide bonds. The first-order valence-corrected chi connectivity index (χ1v) is 8.79. The molecule has 0 aliphatic carbocycles. The second-order valence-electron chi connectivity index (χ2n) is 6.27. The molecule has 0 bridgehead atoms. The number of carbonyl (C=O) groups is 1. The average Bonchev–Trinajstić information content (AvgIpc) is 3.01. The van der Waals surface area contributed by atoms with Gasteiger partial charge in [0.25, 0.3) is 0 Å². The number of halogens is 2. The van der Waals surface area contributed by atoms with E-state index in [0.717, 1.165) is 0 Å². The first kappa shape index (κ1) is 18.7. The zero-order chi connectivity index (χ0) is 18.8. The van der Waals surface area contributed by atoms with Crippen molar-refractivity contribution in [3.63, 3.8) is 0 Å². The van der Waals surface area contributed by atoms with Crippen LogP contribution in [-0.4, -0.2) is 42.6 Å². The lowest BCUT2D eigenvalue weighted by Gasteiger charge is -2.19. The minimum absolute atomic E-state index is 0.132. The van der Waals surface area contributed by atoms with Crippen LogP contribution in [0.5, 0.6) is 0 Å². The zero-order valence-corrected chi connectivity index (χ0v) is 16.1. The molecule has 0 spiro atoms. The van der Waals surface area contributed by atoms with Crippen molar-refractivity contribution in [2.75, 3.05) is 20.7 Å². The van der Waals surface area contributed by atoms with Crippen LogP contribution in [0.1, 0.15) is 17.3 Å². The topological polar surface area (TPSA) is 55.6 Å². The van der Waals surface area contributed by atoms with Crippen molar-refractivity contribution in [3.8, 4) is 11.5 Å². The van der Waals surface area contributed by atoms with Gasteiger partial charge in [-0.1, -0.05) is 23.2 Å². The molecule has 2 aromatic carbocycles. The number of hydrogen-bond donors (Lipinski definition) is 0. The highest BCUT2D eigenvalue weighted by Gasteiger charge is 2.15. The van der Waals surface area contributed by atoms with Crippen molar-refractivity contribution in [1.29, 1.82) is 0 Å². The fraction of sp³-hybridized carbons (Fsp3) is 0.263.